The lowest BCUT2D eigenvalue weighted by Crippen LogP contribution is -2.70. The van der Waals surface area contributed by atoms with E-state index >= 15 is 0 Å². The molecule has 23 nitrogen and oxygen atoms in total. The van der Waals surface area contributed by atoms with Crippen LogP contribution in [0.1, 0.15) is 220 Å². The molecule has 0 radical (unpaired) electrons. The molecule has 0 spiro atoms. The zero-order chi connectivity index (χ0) is 61.9. The van der Waals surface area contributed by atoms with Crippen LogP contribution in [0.4, 0.5) is 0 Å². The van der Waals surface area contributed by atoms with Crippen LogP contribution in [0.3, 0.4) is 0 Å². The molecule has 492 valence electrons. The van der Waals surface area contributed by atoms with Crippen molar-refractivity contribution in [3.05, 3.63) is 12.2 Å². The summed E-state index contributed by atoms with van der Waals surface area (Å²) in [5.74, 6) is -6.14. The molecule has 14 N–H and O–H groups in total. The van der Waals surface area contributed by atoms with E-state index in [1.54, 1.807) is 6.08 Å². The van der Waals surface area contributed by atoms with Gasteiger partial charge in [0.1, 0.15) is 67.1 Å². The maximum absolute atomic E-state index is 13.4. The van der Waals surface area contributed by atoms with Gasteiger partial charge in [-0.1, -0.05) is 193 Å². The van der Waals surface area contributed by atoms with Crippen LogP contribution in [0.15, 0.2) is 12.2 Å². The number of allylic oxidation sites excluding steroid dienone is 1. The van der Waals surface area contributed by atoms with E-state index < -0.39 is 155 Å². The third kappa shape index (κ3) is 26.7. The molecule has 0 aliphatic carbocycles. The molecule has 3 rings (SSSR count). The highest BCUT2D eigenvalue weighted by Crippen LogP contribution is 2.38. The lowest BCUT2D eigenvalue weighted by molar-refractivity contribution is -0.386. The van der Waals surface area contributed by atoms with Gasteiger partial charge >= 0.3 is 5.97 Å². The van der Waals surface area contributed by atoms with Crippen LogP contribution in [-0.4, -0.2) is 215 Å². The van der Waals surface area contributed by atoms with Crippen molar-refractivity contribution in [3.63, 3.8) is 0 Å². The summed E-state index contributed by atoms with van der Waals surface area (Å²) in [6.07, 6.45) is 8.37. The number of carbonyl (C=O) groups is 3. The van der Waals surface area contributed by atoms with Crippen molar-refractivity contribution in [1.82, 2.24) is 10.6 Å². The van der Waals surface area contributed by atoms with Crippen molar-refractivity contribution in [1.29, 1.82) is 0 Å². The van der Waals surface area contributed by atoms with Crippen LogP contribution in [0.25, 0.3) is 0 Å². The van der Waals surface area contributed by atoms with Gasteiger partial charge in [-0.25, -0.2) is 4.79 Å². The van der Waals surface area contributed by atoms with Crippen molar-refractivity contribution in [2.45, 2.75) is 330 Å². The molecule has 84 heavy (non-hydrogen) atoms. The van der Waals surface area contributed by atoms with Gasteiger partial charge in [-0.15, -0.1) is 0 Å². The number of carboxylic acids is 1. The number of aliphatic carboxylic acids is 1. The second-order valence-electron chi connectivity index (χ2n) is 23.6. The summed E-state index contributed by atoms with van der Waals surface area (Å²) >= 11 is 0. The molecule has 0 aromatic rings. The summed E-state index contributed by atoms with van der Waals surface area (Å²) in [5, 5.41) is 136. The SMILES string of the molecule is CCCCCCCCCCCCCC/C=C/C(O)C(COC1OC(CO)C(OC2OC(CO)C(O)C(OC3(C(=O)O)CC(O)C(NC(C)=O)C(C(O)C(O)CO)O3)C2O)C(O)C1O)NC(=O)CCCCCCCCCCCCCCCCCC. The minimum absolute atomic E-state index is 0.204. The largest absolute Gasteiger partial charge is 0.477 e. The minimum Gasteiger partial charge on any atom is -0.477 e. The van der Waals surface area contributed by atoms with Gasteiger partial charge in [-0.2, -0.15) is 0 Å². The Morgan fingerprint density at radius 3 is 1.58 bits per heavy atom. The van der Waals surface area contributed by atoms with E-state index in [2.05, 4.69) is 24.5 Å². The van der Waals surface area contributed by atoms with E-state index in [1.165, 1.54) is 128 Å². The maximum Gasteiger partial charge on any atom is 0.364 e. The Labute approximate surface area is 499 Å². The maximum atomic E-state index is 13.4. The second kappa shape index (κ2) is 43.2. The van der Waals surface area contributed by atoms with Crippen LogP contribution in [0, 0.1) is 0 Å². The number of hydrogen-bond donors (Lipinski definition) is 14. The summed E-state index contributed by atoms with van der Waals surface area (Å²) in [5.41, 5.74) is 0. The average Bonchev–Trinajstić information content (AvgIpc) is 1.31. The highest BCUT2D eigenvalue weighted by molar-refractivity contribution is 5.77. The van der Waals surface area contributed by atoms with Crippen molar-refractivity contribution < 1.29 is 104 Å². The molecule has 18 atom stereocenters. The Balaban J connectivity index is 1.65. The molecule has 2 amide bonds. The third-order valence-corrected chi connectivity index (χ3v) is 16.5. The number of hydrogen-bond acceptors (Lipinski definition) is 20. The fraction of sp³-hybridized carbons (Fsp3) is 0.918. The molecule has 0 aromatic heterocycles. The first kappa shape index (κ1) is 75.7. The van der Waals surface area contributed by atoms with Gasteiger partial charge < -0.3 is 100 Å². The number of aliphatic hydroxyl groups is 11. The van der Waals surface area contributed by atoms with Crippen LogP contribution < -0.4 is 10.6 Å². The summed E-state index contributed by atoms with van der Waals surface area (Å²) in [7, 11) is 0. The van der Waals surface area contributed by atoms with Crippen molar-refractivity contribution in [2.24, 2.45) is 0 Å². The standard InChI is InChI=1S/C61H112N2O21/c1-4-6-8-10-12-14-16-18-20-21-23-25-27-29-31-33-35-48(71)63-42(43(68)34-32-30-28-26-24-22-19-17-15-13-11-9-7-5-2)40-79-58-53(75)52(74)55(47(39-66)81-58)82-59-54(76)57(51(73)46(38-65)80-59)84-61(60(77)78)36-44(69)49(62-41(3)67)56(83-61)50(72)45(70)37-64/h32,34,42-47,49-59,64-66,68-70,72-76H,4-31,33,35-40H2,1-3H3,(H,62,67)(H,63,71)(H,77,78)/b34-32+. The lowest BCUT2D eigenvalue weighted by atomic mass is 9.88. The molecular weight excluding hydrogens is 1100 g/mol. The van der Waals surface area contributed by atoms with Gasteiger partial charge in [0.25, 0.3) is 5.79 Å². The second-order valence-corrected chi connectivity index (χ2v) is 23.6. The molecule has 23 heteroatoms. The predicted octanol–water partition coefficient (Wildman–Crippen LogP) is 3.95. The molecule has 0 aromatic carbocycles. The van der Waals surface area contributed by atoms with E-state index in [-0.39, 0.29) is 12.3 Å². The normalized spacial score (nSPS) is 29.8. The third-order valence-electron chi connectivity index (χ3n) is 16.5. The van der Waals surface area contributed by atoms with Gasteiger partial charge in [-0.3, -0.25) is 9.59 Å². The zero-order valence-corrected chi connectivity index (χ0v) is 50.8. The van der Waals surface area contributed by atoms with Gasteiger partial charge in [0, 0.05) is 19.8 Å². The van der Waals surface area contributed by atoms with E-state index in [1.807, 2.05) is 6.08 Å². The Morgan fingerprint density at radius 1 is 0.619 bits per heavy atom. The number of carbonyl (C=O) groups excluding carboxylic acids is 2. The van der Waals surface area contributed by atoms with Gasteiger partial charge in [0.15, 0.2) is 12.6 Å². The average molecular weight is 1210 g/mol. The summed E-state index contributed by atoms with van der Waals surface area (Å²) in [4.78, 5) is 38.4. The quantitative estimate of drug-likeness (QED) is 0.0303. The highest BCUT2D eigenvalue weighted by atomic mass is 16.8. The summed E-state index contributed by atoms with van der Waals surface area (Å²) in [6.45, 7) is 2.12. The number of carboxylic acid groups (broad SMARTS) is 1. The Bertz CT molecular complexity index is 1770. The van der Waals surface area contributed by atoms with Crippen LogP contribution in [-0.2, 0) is 42.8 Å². The van der Waals surface area contributed by atoms with Crippen molar-refractivity contribution in [3.8, 4) is 0 Å². The molecule has 0 bridgehead atoms. The molecule has 3 aliphatic rings. The first-order chi connectivity index (χ1) is 40.4. The van der Waals surface area contributed by atoms with Crippen LogP contribution in [0.2, 0.25) is 0 Å². The first-order valence-electron chi connectivity index (χ1n) is 32.1. The zero-order valence-electron chi connectivity index (χ0n) is 50.8. The number of ether oxygens (including phenoxy) is 6. The molecule has 3 saturated heterocycles. The summed E-state index contributed by atoms with van der Waals surface area (Å²) in [6, 6.07) is -2.61. The number of aliphatic hydroxyl groups excluding tert-OH is 11. The highest BCUT2D eigenvalue weighted by Gasteiger charge is 2.60. The molecule has 3 fully saturated rings. The van der Waals surface area contributed by atoms with Crippen molar-refractivity contribution in [2.75, 3.05) is 26.4 Å². The van der Waals surface area contributed by atoms with Crippen LogP contribution >= 0.6 is 0 Å². The van der Waals surface area contributed by atoms with E-state index in [4.69, 9.17) is 28.4 Å². The number of amides is 2. The smallest absolute Gasteiger partial charge is 0.364 e. The minimum atomic E-state index is -3.08. The van der Waals surface area contributed by atoms with Gasteiger partial charge in [0.2, 0.25) is 11.8 Å². The van der Waals surface area contributed by atoms with Gasteiger partial charge in [0.05, 0.1) is 50.7 Å². The number of nitrogens with one attached hydrogen (secondary N) is 2. The van der Waals surface area contributed by atoms with Crippen molar-refractivity contribution >= 4 is 17.8 Å². The van der Waals surface area contributed by atoms with E-state index in [0.29, 0.717) is 12.8 Å². The fourth-order valence-electron chi connectivity index (χ4n) is 11.3. The monoisotopic (exact) mass is 1210 g/mol. The fourth-order valence-corrected chi connectivity index (χ4v) is 11.3. The number of unbranched alkanes of at least 4 members (excludes halogenated alkanes) is 27. The lowest BCUT2D eigenvalue weighted by Gasteiger charge is -2.50. The predicted molar refractivity (Wildman–Crippen MR) is 311 cm³/mol. The molecule has 3 aliphatic heterocycles. The molecular formula is C61H112N2O21. The van der Waals surface area contributed by atoms with Gasteiger partial charge in [-0.05, 0) is 19.3 Å². The summed E-state index contributed by atoms with van der Waals surface area (Å²) < 4.78 is 34.7. The Kier molecular flexibility index (Phi) is 38.9. The first-order valence-corrected chi connectivity index (χ1v) is 32.1. The molecule has 3 heterocycles. The molecule has 18 unspecified atom stereocenters. The van der Waals surface area contributed by atoms with E-state index in [0.717, 1.165) is 51.9 Å². The number of rotatable bonds is 47. The van der Waals surface area contributed by atoms with E-state index in [9.17, 15) is 75.7 Å². The van der Waals surface area contributed by atoms with Crippen LogP contribution in [0.5, 0.6) is 0 Å². The Hall–Kier alpha value is -2.53. The topological polar surface area (TPSA) is 373 Å². The Morgan fingerprint density at radius 2 is 1.11 bits per heavy atom. The molecule has 0 saturated carbocycles.